The van der Waals surface area contributed by atoms with Crippen LogP contribution in [-0.2, 0) is 18.9 Å². The van der Waals surface area contributed by atoms with Crippen LogP contribution in [0.3, 0.4) is 0 Å². The Balaban J connectivity index is 0.829. The highest BCUT2D eigenvalue weighted by Crippen LogP contribution is 2.28. The number of carbonyl (C=O) groups excluding carboxylic acids is 2. The first kappa shape index (κ1) is 31.8. The van der Waals surface area contributed by atoms with Crippen molar-refractivity contribution in [2.24, 2.45) is 0 Å². The molecular formula is C38H42O8. The van der Waals surface area contributed by atoms with Crippen molar-refractivity contribution in [2.75, 3.05) is 39.6 Å². The third-order valence-electron chi connectivity index (χ3n) is 8.46. The molecule has 0 bridgehead atoms. The van der Waals surface area contributed by atoms with Gasteiger partial charge in [0.25, 0.3) is 0 Å². The molecule has 8 heteroatoms. The molecule has 46 heavy (non-hydrogen) atoms. The second-order valence-corrected chi connectivity index (χ2v) is 12.9. The molecule has 4 aromatic carbocycles. The Bertz CT molecular complexity index is 1560. The molecule has 2 heterocycles. The predicted molar refractivity (Wildman–Crippen MR) is 176 cm³/mol. The molecule has 2 atom stereocenters. The Morgan fingerprint density at radius 3 is 1.35 bits per heavy atom. The van der Waals surface area contributed by atoms with Gasteiger partial charge in [0.2, 0.25) is 0 Å². The number of esters is 2. The summed E-state index contributed by atoms with van der Waals surface area (Å²) in [5.74, 6) is 1.01. The van der Waals surface area contributed by atoms with E-state index in [0.29, 0.717) is 37.6 Å². The fraction of sp³-hybridized carbons (Fsp3) is 0.421. The molecule has 2 saturated heterocycles. The Labute approximate surface area is 269 Å². The quantitative estimate of drug-likeness (QED) is 0.0669. The van der Waals surface area contributed by atoms with Gasteiger partial charge in [-0.3, -0.25) is 0 Å². The van der Waals surface area contributed by atoms with Crippen LogP contribution in [0.4, 0.5) is 0 Å². The Morgan fingerprint density at radius 2 is 0.935 bits per heavy atom. The van der Waals surface area contributed by atoms with E-state index in [-0.39, 0.29) is 36.4 Å². The van der Waals surface area contributed by atoms with Crippen LogP contribution in [0, 0.1) is 0 Å². The zero-order valence-electron chi connectivity index (χ0n) is 26.7. The van der Waals surface area contributed by atoms with Crippen LogP contribution >= 0.6 is 0 Å². The summed E-state index contributed by atoms with van der Waals surface area (Å²) < 4.78 is 33.3. The summed E-state index contributed by atoms with van der Waals surface area (Å²) in [5, 5.41) is 4.00. The highest BCUT2D eigenvalue weighted by Gasteiger charge is 2.41. The maximum Gasteiger partial charge on any atom is 0.338 e. The van der Waals surface area contributed by atoms with E-state index in [9.17, 15) is 9.59 Å². The van der Waals surface area contributed by atoms with Crippen LogP contribution in [0.25, 0.3) is 21.5 Å². The molecule has 0 radical (unpaired) electrons. The van der Waals surface area contributed by atoms with Crippen molar-refractivity contribution in [3.8, 4) is 11.5 Å². The second-order valence-electron chi connectivity index (χ2n) is 12.9. The minimum absolute atomic E-state index is 0.276. The summed E-state index contributed by atoms with van der Waals surface area (Å²) in [7, 11) is 0. The van der Waals surface area contributed by atoms with Crippen LogP contribution < -0.4 is 9.47 Å². The molecule has 2 unspecified atom stereocenters. The van der Waals surface area contributed by atoms with Gasteiger partial charge in [-0.15, -0.1) is 0 Å². The summed E-state index contributed by atoms with van der Waals surface area (Å²) in [6, 6.07) is 23.0. The molecule has 2 aliphatic rings. The maximum absolute atomic E-state index is 12.4. The third kappa shape index (κ3) is 8.77. The summed E-state index contributed by atoms with van der Waals surface area (Å²) in [6.45, 7) is 7.04. The number of unbranched alkanes of at least 4 members (excludes halogenated alkanes) is 5. The van der Waals surface area contributed by atoms with Crippen LogP contribution in [0.15, 0.2) is 72.8 Å². The number of benzene rings is 4. The SMILES string of the molecule is CC1(COC(=O)c2ccc3cc(OCCCCCCCCOc4ccc5cc(C(=O)OCC6(C)CO6)ccc5c4)ccc3c2)CO1. The van der Waals surface area contributed by atoms with Crippen LogP contribution in [-0.4, -0.2) is 62.8 Å². The van der Waals surface area contributed by atoms with E-state index < -0.39 is 0 Å². The second kappa shape index (κ2) is 14.1. The lowest BCUT2D eigenvalue weighted by Crippen LogP contribution is -2.18. The first-order valence-corrected chi connectivity index (χ1v) is 16.2. The summed E-state index contributed by atoms with van der Waals surface area (Å²) in [5.41, 5.74) is 0.450. The average Bonchev–Trinajstić information content (AvgIpc) is 4.00. The minimum Gasteiger partial charge on any atom is -0.494 e. The van der Waals surface area contributed by atoms with Gasteiger partial charge >= 0.3 is 11.9 Å². The van der Waals surface area contributed by atoms with E-state index in [4.69, 9.17) is 28.4 Å². The molecule has 0 N–H and O–H groups in total. The number of hydrogen-bond donors (Lipinski definition) is 0. The standard InChI is InChI=1S/C38H42O8/c1-37(25-45-37)23-43-35(39)31-11-9-29-21-33(15-13-27(29)19-31)41-17-7-5-3-4-6-8-18-42-34-16-14-28-20-32(12-10-30(28)22-34)36(40)44-24-38(2)26-46-38/h9-16,19-22H,3-8,17-18,23-26H2,1-2H3. The van der Waals surface area contributed by atoms with E-state index in [1.165, 1.54) is 0 Å². The Hall–Kier alpha value is -4.14. The number of hydrogen-bond acceptors (Lipinski definition) is 8. The molecule has 2 fully saturated rings. The number of rotatable bonds is 17. The largest absolute Gasteiger partial charge is 0.494 e. The monoisotopic (exact) mass is 626 g/mol. The van der Waals surface area contributed by atoms with Gasteiger partial charge in [-0.25, -0.2) is 9.59 Å². The van der Waals surface area contributed by atoms with Crippen molar-refractivity contribution in [1.29, 1.82) is 0 Å². The first-order chi connectivity index (χ1) is 22.3. The summed E-state index contributed by atoms with van der Waals surface area (Å²) in [4.78, 5) is 24.7. The van der Waals surface area contributed by atoms with Gasteiger partial charge in [-0.05, 0) is 96.8 Å². The van der Waals surface area contributed by atoms with Crippen molar-refractivity contribution in [3.63, 3.8) is 0 Å². The van der Waals surface area contributed by atoms with Crippen molar-refractivity contribution in [1.82, 2.24) is 0 Å². The fourth-order valence-electron chi connectivity index (χ4n) is 5.19. The van der Waals surface area contributed by atoms with Gasteiger partial charge < -0.3 is 28.4 Å². The Kier molecular flexibility index (Phi) is 9.75. The van der Waals surface area contributed by atoms with Gasteiger partial charge in [-0.2, -0.15) is 0 Å². The number of fused-ring (bicyclic) bond motifs is 2. The average molecular weight is 627 g/mol. The molecule has 0 aliphatic carbocycles. The lowest BCUT2D eigenvalue weighted by Gasteiger charge is -2.10. The zero-order chi connectivity index (χ0) is 32.0. The molecule has 0 spiro atoms. The van der Waals surface area contributed by atoms with Gasteiger partial charge in [0, 0.05) is 0 Å². The normalized spacial score (nSPS) is 20.0. The maximum atomic E-state index is 12.4. The molecule has 6 rings (SSSR count). The van der Waals surface area contributed by atoms with E-state index >= 15 is 0 Å². The number of carbonyl (C=O) groups is 2. The molecule has 4 aromatic rings. The fourth-order valence-corrected chi connectivity index (χ4v) is 5.19. The summed E-state index contributed by atoms with van der Waals surface area (Å²) >= 11 is 0. The van der Waals surface area contributed by atoms with Crippen LogP contribution in [0.5, 0.6) is 11.5 Å². The van der Waals surface area contributed by atoms with Crippen molar-refractivity contribution >= 4 is 33.5 Å². The molecule has 0 aromatic heterocycles. The third-order valence-corrected chi connectivity index (χ3v) is 8.46. The number of epoxide rings is 2. The van der Waals surface area contributed by atoms with Crippen LogP contribution in [0.2, 0.25) is 0 Å². The molecule has 2 aliphatic heterocycles. The highest BCUT2D eigenvalue weighted by atomic mass is 16.6. The van der Waals surface area contributed by atoms with Gasteiger partial charge in [0.05, 0.1) is 37.6 Å². The summed E-state index contributed by atoms with van der Waals surface area (Å²) in [6.07, 6.45) is 6.59. The van der Waals surface area contributed by atoms with Crippen molar-refractivity contribution in [3.05, 3.63) is 83.9 Å². The van der Waals surface area contributed by atoms with Gasteiger partial charge in [0.15, 0.2) is 0 Å². The molecular weight excluding hydrogens is 584 g/mol. The lowest BCUT2D eigenvalue weighted by molar-refractivity contribution is 0.0404. The topological polar surface area (TPSA) is 96.1 Å². The lowest BCUT2D eigenvalue weighted by atomic mass is 10.1. The Morgan fingerprint density at radius 1 is 0.565 bits per heavy atom. The van der Waals surface area contributed by atoms with Crippen molar-refractivity contribution < 1.29 is 38.0 Å². The molecule has 0 saturated carbocycles. The van der Waals surface area contributed by atoms with Crippen molar-refractivity contribution in [2.45, 2.75) is 63.6 Å². The van der Waals surface area contributed by atoms with E-state index in [2.05, 4.69) is 0 Å². The van der Waals surface area contributed by atoms with Gasteiger partial charge in [0.1, 0.15) is 35.9 Å². The number of ether oxygens (including phenoxy) is 6. The highest BCUT2D eigenvalue weighted by molar-refractivity contribution is 5.96. The van der Waals surface area contributed by atoms with Gasteiger partial charge in [-0.1, -0.05) is 49.9 Å². The van der Waals surface area contributed by atoms with Crippen LogP contribution in [0.1, 0.15) is 73.1 Å². The smallest absolute Gasteiger partial charge is 0.338 e. The molecule has 242 valence electrons. The van der Waals surface area contributed by atoms with E-state index in [1.807, 2.05) is 74.5 Å². The van der Waals surface area contributed by atoms with E-state index in [0.717, 1.165) is 71.6 Å². The minimum atomic E-state index is -0.331. The molecule has 0 amide bonds. The molecule has 8 nitrogen and oxygen atoms in total. The predicted octanol–water partition coefficient (Wildman–Crippen LogP) is 7.68. The van der Waals surface area contributed by atoms with E-state index in [1.54, 1.807) is 12.1 Å². The first-order valence-electron chi connectivity index (χ1n) is 16.2. The zero-order valence-corrected chi connectivity index (χ0v) is 26.7.